The number of hydrogen-bond acceptors (Lipinski definition) is 0. The second-order valence-electron chi connectivity index (χ2n) is 5.12. The summed E-state index contributed by atoms with van der Waals surface area (Å²) < 4.78 is -14.6. The van der Waals surface area contributed by atoms with E-state index in [1.54, 1.807) is 0 Å². The first-order valence-electron chi connectivity index (χ1n) is 6.61. The minimum atomic E-state index is -2.63. The third-order valence-corrected chi connectivity index (χ3v) is 11.6. The summed E-state index contributed by atoms with van der Waals surface area (Å²) in [7, 11) is 0. The van der Waals surface area contributed by atoms with Gasteiger partial charge in [-0.2, -0.15) is 0 Å². The number of hydrogen-bond donors (Lipinski definition) is 0. The lowest BCUT2D eigenvalue weighted by atomic mass is 10.0. The lowest BCUT2D eigenvalue weighted by molar-refractivity contribution is 0.505. The molecule has 0 atom stereocenters. The molecule has 0 rings (SSSR count). The molecular formula is C12H12Cl13. The van der Waals surface area contributed by atoms with E-state index < -0.39 is 25.5 Å². The van der Waals surface area contributed by atoms with E-state index in [2.05, 4.69) is 0 Å². The van der Waals surface area contributed by atoms with Gasteiger partial charge in [0.2, 0.25) is 8.13 Å². The first-order valence-corrected chi connectivity index (χ1v) is 11.5. The van der Waals surface area contributed by atoms with Crippen molar-refractivity contribution in [3.63, 3.8) is 0 Å². The fraction of sp³-hybridized carbons (Fsp3) is 0.917. The van der Waals surface area contributed by atoms with Crippen LogP contribution in [-0.2, 0) is 0 Å². The van der Waals surface area contributed by atoms with E-state index in [1.807, 2.05) is 6.92 Å². The van der Waals surface area contributed by atoms with Gasteiger partial charge in [0.1, 0.15) is 0 Å². The lowest BCUT2D eigenvalue weighted by Gasteiger charge is -2.50. The Morgan fingerprint density at radius 1 is 0.560 bits per heavy atom. The standard InChI is InChI=1S/C12H12Cl13/c1-2-3-4-5-6-7(13,14)8(15,16)9(17,18)10(19,20)11(21,22)12(23,24)25/h6H,2-5H2,1H3. The summed E-state index contributed by atoms with van der Waals surface area (Å²) in [5.74, 6) is 0. The zero-order chi connectivity index (χ0) is 20.5. The summed E-state index contributed by atoms with van der Waals surface area (Å²) >= 11 is 79.0. The summed E-state index contributed by atoms with van der Waals surface area (Å²) in [6.45, 7) is 2.02. The van der Waals surface area contributed by atoms with Crippen LogP contribution in [0.5, 0.6) is 0 Å². The highest BCUT2D eigenvalue weighted by Crippen LogP contribution is 2.69. The van der Waals surface area contributed by atoms with Gasteiger partial charge in [0.15, 0.2) is 17.3 Å². The second kappa shape index (κ2) is 9.93. The maximum Gasteiger partial charge on any atom is 0.226 e. The van der Waals surface area contributed by atoms with Gasteiger partial charge in [0.25, 0.3) is 0 Å². The predicted molar refractivity (Wildman–Crippen MR) is 121 cm³/mol. The number of unbranched alkanes of at least 4 members (excludes halogenated alkanes) is 3. The summed E-state index contributed by atoms with van der Waals surface area (Å²) in [6.07, 6.45) is 4.55. The maximum atomic E-state index is 6.26. The van der Waals surface area contributed by atoms with E-state index in [9.17, 15) is 0 Å². The first-order chi connectivity index (χ1) is 10.8. The Hall–Kier alpha value is 3.77. The van der Waals surface area contributed by atoms with Crippen molar-refractivity contribution < 1.29 is 0 Å². The van der Waals surface area contributed by atoms with Gasteiger partial charge in [-0.3, -0.25) is 0 Å². The summed E-state index contributed by atoms with van der Waals surface area (Å²) in [6, 6.07) is 0. The molecule has 0 unspecified atom stereocenters. The Labute approximate surface area is 213 Å². The Bertz CT molecular complexity index is 435. The summed E-state index contributed by atoms with van der Waals surface area (Å²) in [5.41, 5.74) is 0. The highest BCUT2D eigenvalue weighted by atomic mass is 35.6. The van der Waals surface area contributed by atoms with E-state index in [0.717, 1.165) is 19.3 Å². The van der Waals surface area contributed by atoms with E-state index in [-0.39, 0.29) is 0 Å². The van der Waals surface area contributed by atoms with Crippen molar-refractivity contribution in [1.82, 2.24) is 0 Å². The molecule has 0 aromatic rings. The van der Waals surface area contributed by atoms with Gasteiger partial charge in [-0.1, -0.05) is 177 Å². The Morgan fingerprint density at radius 3 is 1.32 bits per heavy atom. The summed E-state index contributed by atoms with van der Waals surface area (Å²) in [5, 5.41) is 0. The lowest BCUT2D eigenvalue weighted by Crippen LogP contribution is -2.65. The topological polar surface area (TPSA) is 0 Å². The Balaban J connectivity index is 5.79. The molecule has 0 aromatic heterocycles. The third-order valence-electron chi connectivity index (χ3n) is 3.17. The van der Waals surface area contributed by atoms with Crippen LogP contribution in [0.25, 0.3) is 0 Å². The van der Waals surface area contributed by atoms with E-state index in [0.29, 0.717) is 6.42 Å². The Morgan fingerprint density at radius 2 is 0.960 bits per heavy atom. The average Bonchev–Trinajstić information content (AvgIpc) is 2.41. The molecule has 0 N–H and O–H groups in total. The van der Waals surface area contributed by atoms with Crippen LogP contribution < -0.4 is 0 Å². The predicted octanol–water partition coefficient (Wildman–Crippen LogP) is 10.0. The summed E-state index contributed by atoms with van der Waals surface area (Å²) in [4.78, 5) is 0. The van der Waals surface area contributed by atoms with E-state index in [1.165, 1.54) is 6.42 Å². The van der Waals surface area contributed by atoms with Gasteiger partial charge in [-0.25, -0.2) is 0 Å². The molecule has 0 spiro atoms. The van der Waals surface area contributed by atoms with Crippen molar-refractivity contribution in [3.05, 3.63) is 6.42 Å². The first kappa shape index (κ1) is 28.8. The molecule has 0 aliphatic carbocycles. The molecule has 0 heterocycles. The van der Waals surface area contributed by atoms with Crippen LogP contribution in [0, 0.1) is 6.42 Å². The molecule has 13 heteroatoms. The molecule has 0 saturated heterocycles. The molecule has 0 aliphatic rings. The SMILES string of the molecule is CCCCC[CH]C(Cl)(Cl)C(Cl)(Cl)C(Cl)(Cl)C(Cl)(Cl)C(Cl)(Cl)C(Cl)(Cl)Cl. The van der Waals surface area contributed by atoms with Gasteiger partial charge in [-0.15, -0.1) is 0 Å². The van der Waals surface area contributed by atoms with Crippen LogP contribution in [-0.4, -0.2) is 25.5 Å². The molecule has 1 radical (unpaired) electrons. The zero-order valence-electron chi connectivity index (χ0n) is 12.3. The number of halogens is 13. The highest BCUT2D eigenvalue weighted by Gasteiger charge is 2.76. The van der Waals surface area contributed by atoms with Crippen molar-refractivity contribution in [2.45, 2.75) is 58.1 Å². The van der Waals surface area contributed by atoms with Gasteiger partial charge in [0.05, 0.1) is 0 Å². The van der Waals surface area contributed by atoms with Crippen LogP contribution in [0.4, 0.5) is 0 Å². The molecule has 0 aromatic carbocycles. The minimum absolute atomic E-state index is 0.459. The van der Waals surface area contributed by atoms with E-state index in [4.69, 9.17) is 151 Å². The van der Waals surface area contributed by atoms with Crippen molar-refractivity contribution >= 4 is 151 Å². The molecule has 0 saturated carbocycles. The number of alkyl halides is 13. The average molecular weight is 617 g/mol. The minimum Gasteiger partial charge on any atom is -0.0978 e. The van der Waals surface area contributed by atoms with Crippen molar-refractivity contribution in [2.75, 3.05) is 0 Å². The van der Waals surface area contributed by atoms with Crippen LogP contribution in [0.1, 0.15) is 32.6 Å². The highest BCUT2D eigenvalue weighted by molar-refractivity contribution is 6.82. The monoisotopic (exact) mass is 611 g/mol. The van der Waals surface area contributed by atoms with Gasteiger partial charge in [0, 0.05) is 6.42 Å². The smallest absolute Gasteiger partial charge is 0.0978 e. The molecule has 25 heavy (non-hydrogen) atoms. The molecule has 0 bridgehead atoms. The van der Waals surface area contributed by atoms with Crippen LogP contribution in [0.2, 0.25) is 0 Å². The molecule has 0 nitrogen and oxygen atoms in total. The Kier molecular flexibility index (Phi) is 11.4. The largest absolute Gasteiger partial charge is 0.226 e. The normalized spacial score (nSPS) is 15.6. The maximum absolute atomic E-state index is 6.26. The van der Waals surface area contributed by atoms with E-state index >= 15 is 0 Å². The van der Waals surface area contributed by atoms with Crippen LogP contribution >= 0.6 is 151 Å². The van der Waals surface area contributed by atoms with Gasteiger partial charge < -0.3 is 0 Å². The van der Waals surface area contributed by atoms with Crippen molar-refractivity contribution in [2.24, 2.45) is 0 Å². The van der Waals surface area contributed by atoms with Gasteiger partial charge in [-0.05, 0) is 6.42 Å². The molecule has 0 fully saturated rings. The second-order valence-corrected chi connectivity index (χ2v) is 14.1. The quantitative estimate of drug-likeness (QED) is 0.179. The van der Waals surface area contributed by atoms with Crippen LogP contribution in [0.15, 0.2) is 0 Å². The number of rotatable bonds is 9. The molecule has 0 aliphatic heterocycles. The fourth-order valence-corrected chi connectivity index (χ4v) is 5.25. The van der Waals surface area contributed by atoms with Crippen LogP contribution in [0.3, 0.4) is 0 Å². The van der Waals surface area contributed by atoms with Gasteiger partial charge >= 0.3 is 0 Å². The fourth-order valence-electron chi connectivity index (χ4n) is 1.59. The molecule has 0 amide bonds. The van der Waals surface area contributed by atoms with Crippen molar-refractivity contribution in [1.29, 1.82) is 0 Å². The zero-order valence-corrected chi connectivity index (χ0v) is 22.1. The van der Waals surface area contributed by atoms with Crippen molar-refractivity contribution in [3.8, 4) is 0 Å². The molecular weight excluding hydrogens is 605 g/mol. The third kappa shape index (κ3) is 5.93. The molecule has 151 valence electrons.